The number of nitrogens with zero attached hydrogens (tertiary/aromatic N) is 2. The fourth-order valence-corrected chi connectivity index (χ4v) is 1.58. The summed E-state index contributed by atoms with van der Waals surface area (Å²) in [7, 11) is 0. The maximum absolute atomic E-state index is 11.9. The number of carbonyl (C=O) groups excluding carboxylic acids is 1. The van der Waals surface area contributed by atoms with E-state index in [1.165, 1.54) is 10.9 Å². The molecule has 1 aromatic carbocycles. The summed E-state index contributed by atoms with van der Waals surface area (Å²) in [4.78, 5) is 26.4. The van der Waals surface area contributed by atoms with Crippen molar-refractivity contribution in [2.24, 2.45) is 0 Å². The number of benzene rings is 1. The van der Waals surface area contributed by atoms with Gasteiger partial charge in [-0.15, -0.1) is 0 Å². The van der Waals surface area contributed by atoms with Gasteiger partial charge in [-0.1, -0.05) is 12.1 Å². The minimum atomic E-state index is -0.162. The van der Waals surface area contributed by atoms with E-state index >= 15 is 0 Å². The molecule has 2 aromatic rings. The van der Waals surface area contributed by atoms with E-state index in [0.29, 0.717) is 17.2 Å². The highest BCUT2D eigenvalue weighted by Gasteiger charge is 2.05. The Bertz CT molecular complexity index is 572. The van der Waals surface area contributed by atoms with Crippen LogP contribution in [0.1, 0.15) is 5.56 Å². The van der Waals surface area contributed by atoms with Crippen LogP contribution in [0.3, 0.4) is 0 Å². The van der Waals surface area contributed by atoms with Crippen molar-refractivity contribution in [3.8, 4) is 0 Å². The summed E-state index contributed by atoms with van der Waals surface area (Å²) in [6, 6.07) is 5.50. The first-order chi connectivity index (χ1) is 7.24. The van der Waals surface area contributed by atoms with Gasteiger partial charge in [0, 0.05) is 0 Å². The largest absolute Gasteiger partial charge is 0.301 e. The molecule has 0 atom stereocenters. The molecule has 0 aliphatic heterocycles. The average molecular weight is 202 g/mol. The molecule has 4 heteroatoms. The maximum Gasteiger partial charge on any atom is 0.261 e. The summed E-state index contributed by atoms with van der Waals surface area (Å²) in [5, 5.41) is 0.585. The van der Waals surface area contributed by atoms with Crippen LogP contribution in [0.15, 0.2) is 29.3 Å². The molecule has 1 aromatic heterocycles. The normalized spacial score (nSPS) is 10.5. The topological polar surface area (TPSA) is 52.0 Å². The smallest absolute Gasteiger partial charge is 0.261 e. The van der Waals surface area contributed by atoms with E-state index in [1.54, 1.807) is 6.07 Å². The van der Waals surface area contributed by atoms with Crippen molar-refractivity contribution in [1.29, 1.82) is 0 Å². The molecule has 0 spiro atoms. The van der Waals surface area contributed by atoms with Gasteiger partial charge in [0.15, 0.2) is 0 Å². The number of hydrogen-bond donors (Lipinski definition) is 0. The van der Waals surface area contributed by atoms with Crippen molar-refractivity contribution < 1.29 is 4.79 Å². The fourth-order valence-electron chi connectivity index (χ4n) is 1.58. The van der Waals surface area contributed by atoms with Crippen LogP contribution < -0.4 is 5.56 Å². The van der Waals surface area contributed by atoms with Crippen LogP contribution in [0.4, 0.5) is 0 Å². The molecule has 0 saturated heterocycles. The number of aryl methyl sites for hydroxylation is 1. The van der Waals surface area contributed by atoms with E-state index in [0.717, 1.165) is 5.56 Å². The number of hydrogen-bond acceptors (Lipinski definition) is 3. The van der Waals surface area contributed by atoms with Gasteiger partial charge in [0.2, 0.25) is 0 Å². The van der Waals surface area contributed by atoms with E-state index in [9.17, 15) is 9.59 Å². The second kappa shape index (κ2) is 3.65. The highest BCUT2D eigenvalue weighted by atomic mass is 16.1. The third kappa shape index (κ3) is 1.54. The molecule has 15 heavy (non-hydrogen) atoms. The fraction of sp³-hybridized carbons (Fsp3) is 0.182. The van der Waals surface area contributed by atoms with Crippen LogP contribution in [0.2, 0.25) is 0 Å². The Hall–Kier alpha value is -1.97. The summed E-state index contributed by atoms with van der Waals surface area (Å²) in [5.74, 6) is 0. The lowest BCUT2D eigenvalue weighted by Gasteiger charge is -2.04. The predicted octanol–water partition coefficient (Wildman–Crippen LogP) is 0.904. The third-order valence-corrected chi connectivity index (χ3v) is 2.33. The molecule has 0 amide bonds. The highest BCUT2D eigenvalue weighted by molar-refractivity contribution is 5.80. The van der Waals surface area contributed by atoms with Crippen LogP contribution in [0.5, 0.6) is 0 Å². The monoisotopic (exact) mass is 202 g/mol. The number of aldehydes is 1. The number of carbonyl (C=O) groups is 1. The molecule has 0 unspecified atom stereocenters. The highest BCUT2D eigenvalue weighted by Crippen LogP contribution is 2.10. The van der Waals surface area contributed by atoms with Gasteiger partial charge in [-0.3, -0.25) is 9.36 Å². The van der Waals surface area contributed by atoms with Crippen molar-refractivity contribution in [2.75, 3.05) is 0 Å². The summed E-state index contributed by atoms with van der Waals surface area (Å²) < 4.78 is 1.31. The van der Waals surface area contributed by atoms with Crippen molar-refractivity contribution in [2.45, 2.75) is 13.5 Å². The van der Waals surface area contributed by atoms with Gasteiger partial charge >= 0.3 is 0 Å². The molecule has 0 radical (unpaired) electrons. The first kappa shape index (κ1) is 9.58. The number of rotatable bonds is 2. The number of aromatic nitrogens is 2. The number of fused-ring (bicyclic) bond motifs is 1. The molecular weight excluding hydrogens is 192 g/mol. The van der Waals surface area contributed by atoms with Gasteiger partial charge < -0.3 is 4.79 Å². The van der Waals surface area contributed by atoms with Crippen LogP contribution in [-0.2, 0) is 11.3 Å². The van der Waals surface area contributed by atoms with Gasteiger partial charge in [-0.05, 0) is 18.6 Å². The van der Waals surface area contributed by atoms with Crippen LogP contribution in [0, 0.1) is 6.92 Å². The molecule has 4 nitrogen and oxygen atoms in total. The first-order valence-corrected chi connectivity index (χ1v) is 4.62. The predicted molar refractivity (Wildman–Crippen MR) is 56.8 cm³/mol. The van der Waals surface area contributed by atoms with Gasteiger partial charge in [0.05, 0.1) is 23.8 Å². The quantitative estimate of drug-likeness (QED) is 0.680. The molecular formula is C11H10N2O2. The third-order valence-electron chi connectivity index (χ3n) is 2.33. The van der Waals surface area contributed by atoms with E-state index in [1.807, 2.05) is 19.1 Å². The second-order valence-electron chi connectivity index (χ2n) is 3.34. The van der Waals surface area contributed by atoms with Crippen molar-refractivity contribution in [3.63, 3.8) is 0 Å². The minimum Gasteiger partial charge on any atom is -0.301 e. The SMILES string of the molecule is Cc1cccc2ncn(CC=O)c(=O)c12. The van der Waals surface area contributed by atoms with Crippen molar-refractivity contribution in [3.05, 3.63) is 40.4 Å². The van der Waals surface area contributed by atoms with E-state index < -0.39 is 0 Å². The maximum atomic E-state index is 11.9. The molecule has 2 rings (SSSR count). The lowest BCUT2D eigenvalue weighted by Crippen LogP contribution is -2.21. The molecule has 0 N–H and O–H groups in total. The Morgan fingerprint density at radius 3 is 3.00 bits per heavy atom. The average Bonchev–Trinajstić information content (AvgIpc) is 2.22. The lowest BCUT2D eigenvalue weighted by molar-refractivity contribution is -0.108. The Morgan fingerprint density at radius 2 is 2.27 bits per heavy atom. The Morgan fingerprint density at radius 1 is 1.47 bits per heavy atom. The molecule has 1 heterocycles. The summed E-state index contributed by atoms with van der Waals surface area (Å²) >= 11 is 0. The minimum absolute atomic E-state index is 0.0517. The Kier molecular flexibility index (Phi) is 2.33. The standard InChI is InChI=1S/C11H10N2O2/c1-8-3-2-4-9-10(8)11(15)13(5-6-14)7-12-9/h2-4,6-7H,5H2,1H3. The zero-order chi connectivity index (χ0) is 10.8. The van der Waals surface area contributed by atoms with E-state index in [2.05, 4.69) is 4.98 Å². The molecule has 0 fully saturated rings. The molecule has 0 aliphatic rings. The van der Waals surface area contributed by atoms with Crippen LogP contribution in [0.25, 0.3) is 10.9 Å². The van der Waals surface area contributed by atoms with Crippen LogP contribution in [-0.4, -0.2) is 15.8 Å². The summed E-state index contributed by atoms with van der Waals surface area (Å²) in [6.45, 7) is 1.91. The van der Waals surface area contributed by atoms with Gasteiger partial charge in [-0.25, -0.2) is 4.98 Å². The molecule has 0 saturated carbocycles. The Labute approximate surface area is 86.2 Å². The lowest BCUT2D eigenvalue weighted by atomic mass is 10.1. The van der Waals surface area contributed by atoms with Crippen molar-refractivity contribution >= 4 is 17.2 Å². The molecule has 0 aliphatic carbocycles. The van der Waals surface area contributed by atoms with E-state index in [-0.39, 0.29) is 12.1 Å². The second-order valence-corrected chi connectivity index (χ2v) is 3.34. The molecule has 0 bridgehead atoms. The first-order valence-electron chi connectivity index (χ1n) is 4.62. The van der Waals surface area contributed by atoms with Gasteiger partial charge in [-0.2, -0.15) is 0 Å². The van der Waals surface area contributed by atoms with Crippen molar-refractivity contribution in [1.82, 2.24) is 9.55 Å². The molecule has 76 valence electrons. The Balaban J connectivity index is 2.83. The summed E-state index contributed by atoms with van der Waals surface area (Å²) in [6.07, 6.45) is 2.09. The summed E-state index contributed by atoms with van der Waals surface area (Å²) in [5.41, 5.74) is 1.39. The van der Waals surface area contributed by atoms with Gasteiger partial charge in [0.25, 0.3) is 5.56 Å². The van der Waals surface area contributed by atoms with Gasteiger partial charge in [0.1, 0.15) is 6.29 Å². The van der Waals surface area contributed by atoms with E-state index in [4.69, 9.17) is 0 Å². The zero-order valence-electron chi connectivity index (χ0n) is 8.30. The van der Waals surface area contributed by atoms with Crippen LogP contribution >= 0.6 is 0 Å². The zero-order valence-corrected chi connectivity index (χ0v) is 8.30.